The summed E-state index contributed by atoms with van der Waals surface area (Å²) in [5.74, 6) is 0. The van der Waals surface area contributed by atoms with Gasteiger partial charge < -0.3 is 15.7 Å². The maximum absolute atomic E-state index is 8.83. The van der Waals surface area contributed by atoms with Crippen LogP contribution in [-0.4, -0.2) is 37.9 Å². The van der Waals surface area contributed by atoms with E-state index >= 15 is 0 Å². The molecule has 0 aliphatic carbocycles. The second-order valence-electron chi connectivity index (χ2n) is 2.51. The standard InChI is InChI=1S/C7H18N2O/c1-7(10)6-9-5-3-4-8-2/h7-10H,3-6H2,1-2H3/t7-/m1/s1. The van der Waals surface area contributed by atoms with Crippen molar-refractivity contribution in [2.75, 3.05) is 26.7 Å². The summed E-state index contributed by atoms with van der Waals surface area (Å²) in [4.78, 5) is 0. The largest absolute Gasteiger partial charge is 0.392 e. The third kappa shape index (κ3) is 7.88. The van der Waals surface area contributed by atoms with E-state index < -0.39 is 0 Å². The molecule has 0 saturated carbocycles. The summed E-state index contributed by atoms with van der Waals surface area (Å²) in [6, 6.07) is 0. The second kappa shape index (κ2) is 6.99. The van der Waals surface area contributed by atoms with E-state index in [1.807, 2.05) is 7.05 Å². The quantitative estimate of drug-likeness (QED) is 0.445. The zero-order valence-corrected chi connectivity index (χ0v) is 6.85. The highest BCUT2D eigenvalue weighted by atomic mass is 16.3. The smallest absolute Gasteiger partial charge is 0.0636 e. The summed E-state index contributed by atoms with van der Waals surface area (Å²) in [7, 11) is 1.94. The lowest BCUT2D eigenvalue weighted by Gasteiger charge is -2.05. The minimum absolute atomic E-state index is 0.227. The summed E-state index contributed by atoms with van der Waals surface area (Å²) in [6.07, 6.45) is 0.887. The maximum Gasteiger partial charge on any atom is 0.0636 e. The zero-order chi connectivity index (χ0) is 7.82. The Morgan fingerprint density at radius 2 is 2.10 bits per heavy atom. The van der Waals surface area contributed by atoms with Gasteiger partial charge in [0.15, 0.2) is 0 Å². The first-order chi connectivity index (χ1) is 4.77. The third-order valence-corrected chi connectivity index (χ3v) is 1.22. The van der Waals surface area contributed by atoms with Crippen LogP contribution < -0.4 is 10.6 Å². The highest BCUT2D eigenvalue weighted by molar-refractivity contribution is 4.53. The molecule has 0 radical (unpaired) electrons. The zero-order valence-electron chi connectivity index (χ0n) is 6.85. The molecule has 10 heavy (non-hydrogen) atoms. The van der Waals surface area contributed by atoms with Gasteiger partial charge >= 0.3 is 0 Å². The topological polar surface area (TPSA) is 44.3 Å². The van der Waals surface area contributed by atoms with E-state index in [1.165, 1.54) is 0 Å². The van der Waals surface area contributed by atoms with Crippen molar-refractivity contribution >= 4 is 0 Å². The SMILES string of the molecule is CNCCCNC[C@@H](C)O. The van der Waals surface area contributed by atoms with E-state index in [0.717, 1.165) is 19.5 Å². The van der Waals surface area contributed by atoms with Crippen molar-refractivity contribution in [3.63, 3.8) is 0 Å². The average molecular weight is 146 g/mol. The molecule has 0 heterocycles. The molecule has 0 saturated heterocycles. The van der Waals surface area contributed by atoms with Crippen LogP contribution in [0.4, 0.5) is 0 Å². The van der Waals surface area contributed by atoms with Crippen LogP contribution in [-0.2, 0) is 0 Å². The first kappa shape index (κ1) is 9.88. The normalized spacial score (nSPS) is 13.5. The van der Waals surface area contributed by atoms with Crippen LogP contribution >= 0.6 is 0 Å². The molecule has 0 aromatic heterocycles. The fourth-order valence-corrected chi connectivity index (χ4v) is 0.701. The molecule has 0 spiro atoms. The molecule has 3 heteroatoms. The molecule has 0 aromatic rings. The maximum atomic E-state index is 8.83. The van der Waals surface area contributed by atoms with Crippen molar-refractivity contribution in [1.82, 2.24) is 10.6 Å². The Labute approximate surface area is 62.8 Å². The van der Waals surface area contributed by atoms with Crippen molar-refractivity contribution < 1.29 is 5.11 Å². The van der Waals surface area contributed by atoms with Crippen molar-refractivity contribution in [3.05, 3.63) is 0 Å². The Kier molecular flexibility index (Phi) is 6.91. The van der Waals surface area contributed by atoms with E-state index in [2.05, 4.69) is 10.6 Å². The Bertz CT molecular complexity index is 66.6. The summed E-state index contributed by atoms with van der Waals surface area (Å²) >= 11 is 0. The van der Waals surface area contributed by atoms with Gasteiger partial charge in [-0.2, -0.15) is 0 Å². The molecule has 0 aliphatic rings. The van der Waals surface area contributed by atoms with Crippen LogP contribution in [0.15, 0.2) is 0 Å². The second-order valence-corrected chi connectivity index (χ2v) is 2.51. The van der Waals surface area contributed by atoms with Crippen molar-refractivity contribution in [2.45, 2.75) is 19.4 Å². The average Bonchev–Trinajstić information content (AvgIpc) is 1.87. The minimum Gasteiger partial charge on any atom is -0.392 e. The molecular formula is C7H18N2O. The summed E-state index contributed by atoms with van der Waals surface area (Å²) in [5, 5.41) is 15.0. The van der Waals surface area contributed by atoms with Gasteiger partial charge in [-0.25, -0.2) is 0 Å². The van der Waals surface area contributed by atoms with Gasteiger partial charge in [0, 0.05) is 6.54 Å². The highest BCUT2D eigenvalue weighted by Gasteiger charge is 1.92. The van der Waals surface area contributed by atoms with Crippen LogP contribution in [0.25, 0.3) is 0 Å². The van der Waals surface area contributed by atoms with Crippen LogP contribution in [0.3, 0.4) is 0 Å². The Morgan fingerprint density at radius 3 is 2.60 bits per heavy atom. The van der Waals surface area contributed by atoms with Gasteiger partial charge in [-0.15, -0.1) is 0 Å². The van der Waals surface area contributed by atoms with Crippen molar-refractivity contribution in [3.8, 4) is 0 Å². The molecule has 3 N–H and O–H groups in total. The lowest BCUT2D eigenvalue weighted by atomic mass is 10.4. The molecule has 0 amide bonds. The molecule has 0 unspecified atom stereocenters. The lowest BCUT2D eigenvalue weighted by Crippen LogP contribution is -2.26. The fourth-order valence-electron chi connectivity index (χ4n) is 0.701. The van der Waals surface area contributed by atoms with E-state index in [1.54, 1.807) is 6.92 Å². The van der Waals surface area contributed by atoms with Crippen molar-refractivity contribution in [2.24, 2.45) is 0 Å². The first-order valence-electron chi connectivity index (χ1n) is 3.80. The molecule has 0 bridgehead atoms. The predicted molar refractivity (Wildman–Crippen MR) is 43.1 cm³/mol. The Morgan fingerprint density at radius 1 is 1.40 bits per heavy atom. The van der Waals surface area contributed by atoms with Crippen LogP contribution in [0.5, 0.6) is 0 Å². The van der Waals surface area contributed by atoms with Gasteiger partial charge in [0.1, 0.15) is 0 Å². The van der Waals surface area contributed by atoms with E-state index in [9.17, 15) is 0 Å². The van der Waals surface area contributed by atoms with Gasteiger partial charge in [0.25, 0.3) is 0 Å². The number of aliphatic hydroxyl groups excluding tert-OH is 1. The van der Waals surface area contributed by atoms with Gasteiger partial charge in [-0.3, -0.25) is 0 Å². The number of hydrogen-bond acceptors (Lipinski definition) is 3. The van der Waals surface area contributed by atoms with Crippen molar-refractivity contribution in [1.29, 1.82) is 0 Å². The van der Waals surface area contributed by atoms with Crippen LogP contribution in [0.2, 0.25) is 0 Å². The van der Waals surface area contributed by atoms with Gasteiger partial charge in [0.05, 0.1) is 6.10 Å². The highest BCUT2D eigenvalue weighted by Crippen LogP contribution is 1.76. The molecule has 62 valence electrons. The number of hydrogen-bond donors (Lipinski definition) is 3. The third-order valence-electron chi connectivity index (χ3n) is 1.22. The minimum atomic E-state index is -0.227. The Hall–Kier alpha value is -0.120. The number of rotatable bonds is 6. The molecule has 0 aromatic carbocycles. The van der Waals surface area contributed by atoms with Crippen LogP contribution in [0, 0.1) is 0 Å². The fraction of sp³-hybridized carbons (Fsp3) is 1.00. The number of nitrogens with one attached hydrogen (secondary N) is 2. The molecular weight excluding hydrogens is 128 g/mol. The Balaban J connectivity index is 2.77. The first-order valence-corrected chi connectivity index (χ1v) is 3.80. The van der Waals surface area contributed by atoms with Crippen LogP contribution in [0.1, 0.15) is 13.3 Å². The van der Waals surface area contributed by atoms with E-state index in [0.29, 0.717) is 6.54 Å². The van der Waals surface area contributed by atoms with Gasteiger partial charge in [-0.05, 0) is 33.5 Å². The van der Waals surface area contributed by atoms with E-state index in [4.69, 9.17) is 5.11 Å². The molecule has 0 fully saturated rings. The molecule has 3 nitrogen and oxygen atoms in total. The molecule has 1 atom stereocenters. The van der Waals surface area contributed by atoms with Gasteiger partial charge in [0.2, 0.25) is 0 Å². The monoisotopic (exact) mass is 146 g/mol. The molecule has 0 rings (SSSR count). The summed E-state index contributed by atoms with van der Waals surface area (Å²) in [6.45, 7) is 4.49. The predicted octanol–water partition coefficient (Wildman–Crippen LogP) is -0.434. The van der Waals surface area contributed by atoms with E-state index in [-0.39, 0.29) is 6.10 Å². The van der Waals surface area contributed by atoms with Gasteiger partial charge in [-0.1, -0.05) is 0 Å². The summed E-state index contributed by atoms with van der Waals surface area (Å²) < 4.78 is 0. The molecule has 0 aliphatic heterocycles. The summed E-state index contributed by atoms with van der Waals surface area (Å²) in [5.41, 5.74) is 0. The lowest BCUT2D eigenvalue weighted by molar-refractivity contribution is 0.191. The number of aliphatic hydroxyl groups is 1.